The first-order chi connectivity index (χ1) is 15.1. The number of benzene rings is 2. The molecule has 0 saturated carbocycles. The normalized spacial score (nSPS) is 16.4. The minimum absolute atomic E-state index is 0.139. The van der Waals surface area contributed by atoms with Crippen molar-refractivity contribution in [3.63, 3.8) is 0 Å². The average Bonchev–Trinajstić information content (AvgIpc) is 3.23. The number of halogens is 3. The molecule has 1 atom stereocenters. The van der Waals surface area contributed by atoms with Crippen LogP contribution in [0.4, 0.5) is 20.7 Å². The predicted molar refractivity (Wildman–Crippen MR) is 124 cm³/mol. The number of hydrogen-bond donors (Lipinski definition) is 1. The molecule has 0 radical (unpaired) electrons. The van der Waals surface area contributed by atoms with Crippen molar-refractivity contribution in [2.75, 3.05) is 18.4 Å². The third-order valence-corrected chi connectivity index (χ3v) is 6.04. The molecule has 1 fully saturated rings. The number of carbonyl (C=O) groups is 1. The van der Waals surface area contributed by atoms with Crippen molar-refractivity contribution >= 4 is 51.7 Å². The summed E-state index contributed by atoms with van der Waals surface area (Å²) in [6.07, 6.45) is 1.93. The highest BCUT2D eigenvalue weighted by Gasteiger charge is 2.30. The molecule has 2 heterocycles. The first kappa shape index (κ1) is 22.6. The van der Waals surface area contributed by atoms with Crippen molar-refractivity contribution in [3.8, 4) is 0 Å². The molecule has 0 bridgehead atoms. The fourth-order valence-corrected chi connectivity index (χ4v) is 4.01. The molecule has 1 N–H and O–H groups in total. The van der Waals surface area contributed by atoms with Gasteiger partial charge in [0.15, 0.2) is 5.82 Å². The topological polar surface area (TPSA) is 67.3 Å². The van der Waals surface area contributed by atoms with E-state index in [4.69, 9.17) is 27.9 Å². The van der Waals surface area contributed by atoms with Crippen LogP contribution < -0.4 is 5.32 Å². The number of nitrogens with zero attached hydrogens (tertiary/aromatic N) is 3. The summed E-state index contributed by atoms with van der Waals surface area (Å²) < 4.78 is 20.0. The number of nitrogens with one attached hydrogen (secondary N) is 1. The predicted octanol–water partition coefficient (Wildman–Crippen LogP) is 6.54. The van der Waals surface area contributed by atoms with Crippen molar-refractivity contribution in [3.05, 3.63) is 58.1 Å². The number of rotatable bonds is 3. The van der Waals surface area contributed by atoms with Crippen LogP contribution in [0.3, 0.4) is 0 Å². The van der Waals surface area contributed by atoms with Gasteiger partial charge in [0.2, 0.25) is 0 Å². The molecule has 9 heteroatoms. The van der Waals surface area contributed by atoms with Crippen LogP contribution in [0.2, 0.25) is 10.0 Å². The van der Waals surface area contributed by atoms with Gasteiger partial charge in [0.1, 0.15) is 17.7 Å². The quantitative estimate of drug-likeness (QED) is 0.434. The van der Waals surface area contributed by atoms with Crippen molar-refractivity contribution < 1.29 is 13.9 Å². The monoisotopic (exact) mass is 476 g/mol. The molecule has 6 nitrogen and oxygen atoms in total. The number of aromatic nitrogens is 2. The fraction of sp³-hybridized carbons (Fsp3) is 0.348. The highest BCUT2D eigenvalue weighted by atomic mass is 35.5. The van der Waals surface area contributed by atoms with Gasteiger partial charge in [-0.3, -0.25) is 0 Å². The van der Waals surface area contributed by atoms with Crippen LogP contribution in [0, 0.1) is 5.82 Å². The molecule has 32 heavy (non-hydrogen) atoms. The number of fused-ring (bicyclic) bond motifs is 1. The Morgan fingerprint density at radius 3 is 2.75 bits per heavy atom. The maximum atomic E-state index is 14.5. The van der Waals surface area contributed by atoms with Crippen molar-refractivity contribution in [1.29, 1.82) is 0 Å². The second kappa shape index (κ2) is 8.71. The molecule has 1 aliphatic heterocycles. The van der Waals surface area contributed by atoms with Gasteiger partial charge in [0.25, 0.3) is 0 Å². The van der Waals surface area contributed by atoms with Gasteiger partial charge < -0.3 is 15.0 Å². The van der Waals surface area contributed by atoms with E-state index in [-0.39, 0.29) is 27.7 Å². The van der Waals surface area contributed by atoms with Gasteiger partial charge in [-0.2, -0.15) is 0 Å². The lowest BCUT2D eigenvalue weighted by Crippen LogP contribution is -2.35. The lowest BCUT2D eigenvalue weighted by Gasteiger charge is -2.24. The van der Waals surface area contributed by atoms with Crippen LogP contribution in [0.15, 0.2) is 36.7 Å². The second-order valence-corrected chi connectivity index (χ2v) is 9.54. The van der Waals surface area contributed by atoms with E-state index in [0.717, 1.165) is 17.4 Å². The van der Waals surface area contributed by atoms with Crippen LogP contribution in [0.1, 0.15) is 38.7 Å². The molecular formula is C23H23Cl2FN4O2. The number of ether oxygens (including phenoxy) is 1. The van der Waals surface area contributed by atoms with Gasteiger partial charge in [0, 0.05) is 24.4 Å². The van der Waals surface area contributed by atoms with E-state index >= 15 is 0 Å². The van der Waals surface area contributed by atoms with Crippen LogP contribution in [0.25, 0.3) is 10.9 Å². The van der Waals surface area contributed by atoms with E-state index in [2.05, 4.69) is 15.3 Å². The summed E-state index contributed by atoms with van der Waals surface area (Å²) in [6, 6.07) is 8.92. The van der Waals surface area contributed by atoms with Crippen LogP contribution in [-0.4, -0.2) is 39.7 Å². The summed E-state index contributed by atoms with van der Waals surface area (Å²) in [4.78, 5) is 22.7. The summed E-state index contributed by atoms with van der Waals surface area (Å²) in [6.45, 7) is 6.76. The van der Waals surface area contributed by atoms with Gasteiger partial charge in [0.05, 0.1) is 21.2 Å². The Hall–Kier alpha value is -2.64. The Labute approximate surface area is 195 Å². The Kier molecular flexibility index (Phi) is 6.14. The van der Waals surface area contributed by atoms with Crippen molar-refractivity contribution in [2.45, 2.75) is 38.7 Å². The first-order valence-electron chi connectivity index (χ1n) is 10.3. The molecule has 0 unspecified atom stereocenters. The first-order valence-corrected chi connectivity index (χ1v) is 11.0. The van der Waals surface area contributed by atoms with Gasteiger partial charge in [-0.25, -0.2) is 19.2 Å². The Morgan fingerprint density at radius 2 is 2.00 bits per heavy atom. The number of hydrogen-bond acceptors (Lipinski definition) is 5. The fourth-order valence-electron chi connectivity index (χ4n) is 3.70. The number of amides is 1. The summed E-state index contributed by atoms with van der Waals surface area (Å²) in [5, 5.41) is 3.73. The average molecular weight is 477 g/mol. The maximum absolute atomic E-state index is 14.5. The molecule has 4 rings (SSSR count). The lowest BCUT2D eigenvalue weighted by molar-refractivity contribution is 0.0292. The standard InChI is InChI=1S/C23H23Cl2FN4O2/c1-23(2,3)32-22(31)30-9-8-14(11-30)13-4-6-17-15(10-13)21(28-12-27-17)29-18-7-5-16(24)19(25)20(18)26/h4-7,10,12,14H,8-9,11H2,1-3H3,(H,27,28,29)/t14-/m1/s1. The number of likely N-dealkylation sites (tertiary alicyclic amines) is 1. The Morgan fingerprint density at radius 1 is 1.22 bits per heavy atom. The summed E-state index contributed by atoms with van der Waals surface area (Å²) in [5.41, 5.74) is 1.40. The molecule has 0 aliphatic carbocycles. The zero-order chi connectivity index (χ0) is 23.0. The molecule has 1 saturated heterocycles. The highest BCUT2D eigenvalue weighted by Crippen LogP contribution is 2.34. The molecule has 168 valence electrons. The molecule has 1 amide bonds. The van der Waals surface area contributed by atoms with Crippen LogP contribution in [-0.2, 0) is 4.74 Å². The smallest absolute Gasteiger partial charge is 0.410 e. The van der Waals surface area contributed by atoms with E-state index < -0.39 is 11.4 Å². The summed E-state index contributed by atoms with van der Waals surface area (Å²) in [5.74, 6) is -0.0382. The summed E-state index contributed by atoms with van der Waals surface area (Å²) >= 11 is 11.8. The molecule has 1 aliphatic rings. The molecule has 2 aromatic carbocycles. The molecule has 3 aromatic rings. The van der Waals surface area contributed by atoms with Crippen molar-refractivity contribution in [1.82, 2.24) is 14.9 Å². The van der Waals surface area contributed by atoms with Crippen LogP contribution in [0.5, 0.6) is 0 Å². The SMILES string of the molecule is CC(C)(C)OC(=O)N1CC[C@@H](c2ccc3ncnc(Nc4ccc(Cl)c(Cl)c4F)c3c2)C1. The number of anilines is 2. The lowest BCUT2D eigenvalue weighted by atomic mass is 9.97. The molecule has 0 spiro atoms. The Bertz CT molecular complexity index is 1180. The van der Waals surface area contributed by atoms with E-state index in [1.165, 1.54) is 18.5 Å². The third-order valence-electron chi connectivity index (χ3n) is 5.26. The largest absolute Gasteiger partial charge is 0.444 e. The second-order valence-electron chi connectivity index (χ2n) is 8.76. The zero-order valence-electron chi connectivity index (χ0n) is 18.0. The van der Waals surface area contributed by atoms with Gasteiger partial charge in [-0.05, 0) is 57.0 Å². The highest BCUT2D eigenvalue weighted by molar-refractivity contribution is 6.42. The zero-order valence-corrected chi connectivity index (χ0v) is 19.5. The van der Waals surface area contributed by atoms with Gasteiger partial charge in [-0.15, -0.1) is 0 Å². The summed E-state index contributed by atoms with van der Waals surface area (Å²) in [7, 11) is 0. The van der Waals surface area contributed by atoms with Crippen molar-refractivity contribution in [2.24, 2.45) is 0 Å². The number of carbonyl (C=O) groups excluding carboxylic acids is 1. The van der Waals surface area contributed by atoms with E-state index in [0.29, 0.717) is 24.4 Å². The Balaban J connectivity index is 1.60. The van der Waals surface area contributed by atoms with Gasteiger partial charge in [-0.1, -0.05) is 29.3 Å². The van der Waals surface area contributed by atoms with Gasteiger partial charge >= 0.3 is 6.09 Å². The van der Waals surface area contributed by atoms with Crippen LogP contribution >= 0.6 is 23.2 Å². The molecular weight excluding hydrogens is 454 g/mol. The maximum Gasteiger partial charge on any atom is 0.410 e. The van der Waals surface area contributed by atoms with E-state index in [1.54, 1.807) is 4.90 Å². The molecule has 1 aromatic heterocycles. The van der Waals surface area contributed by atoms with E-state index in [1.807, 2.05) is 39.0 Å². The minimum Gasteiger partial charge on any atom is -0.444 e. The third kappa shape index (κ3) is 4.74. The van der Waals surface area contributed by atoms with E-state index in [9.17, 15) is 9.18 Å². The minimum atomic E-state index is -0.647.